The van der Waals surface area contributed by atoms with Crippen LogP contribution in [0.5, 0.6) is 0 Å². The molecule has 2 heteroatoms. The Balaban J connectivity index is 2.26. The molecule has 2 unspecified atom stereocenters. The van der Waals surface area contributed by atoms with Crippen molar-refractivity contribution in [2.24, 2.45) is 0 Å². The molecule has 2 atom stereocenters. The van der Waals surface area contributed by atoms with E-state index in [9.17, 15) is 0 Å². The molecule has 0 bridgehead atoms. The first-order chi connectivity index (χ1) is 6.24. The Hall–Kier alpha value is -0.520. The van der Waals surface area contributed by atoms with Crippen molar-refractivity contribution in [1.82, 2.24) is 4.90 Å². The van der Waals surface area contributed by atoms with Gasteiger partial charge in [0.1, 0.15) is 0 Å². The summed E-state index contributed by atoms with van der Waals surface area (Å²) in [6.07, 6.45) is 9.43. The summed E-state index contributed by atoms with van der Waals surface area (Å²) in [7, 11) is 2.06. The number of rotatable bonds is 3. The summed E-state index contributed by atoms with van der Waals surface area (Å²) in [4.78, 5) is 2.18. The van der Waals surface area contributed by atoms with Gasteiger partial charge in [-0.1, -0.05) is 5.92 Å². The summed E-state index contributed by atoms with van der Waals surface area (Å²) in [5.74, 6) is 2.72. The number of hydrogen-bond acceptors (Lipinski definition) is 2. The summed E-state index contributed by atoms with van der Waals surface area (Å²) >= 11 is 0. The largest absolute Gasteiger partial charge is 0.377 e. The highest BCUT2D eigenvalue weighted by Gasteiger charge is 2.17. The highest BCUT2D eigenvalue weighted by atomic mass is 16.5. The van der Waals surface area contributed by atoms with Gasteiger partial charge < -0.3 is 4.74 Å². The van der Waals surface area contributed by atoms with Gasteiger partial charge in [0, 0.05) is 13.2 Å². The molecule has 2 nitrogen and oxygen atoms in total. The third-order valence-corrected chi connectivity index (χ3v) is 2.67. The van der Waals surface area contributed by atoms with Crippen molar-refractivity contribution in [3.8, 4) is 12.3 Å². The number of nitrogens with zero attached hydrogens (tertiary/aromatic N) is 1. The van der Waals surface area contributed by atoms with Crippen LogP contribution in [0.25, 0.3) is 0 Å². The summed E-state index contributed by atoms with van der Waals surface area (Å²) < 4.78 is 5.63. The molecular weight excluding hydrogens is 162 g/mol. The first-order valence-electron chi connectivity index (χ1n) is 5.02. The molecule has 1 aliphatic heterocycles. The van der Waals surface area contributed by atoms with Crippen molar-refractivity contribution in [2.75, 3.05) is 20.2 Å². The zero-order valence-electron chi connectivity index (χ0n) is 8.62. The van der Waals surface area contributed by atoms with E-state index in [0.29, 0.717) is 6.10 Å². The van der Waals surface area contributed by atoms with E-state index in [0.717, 1.165) is 13.2 Å². The normalized spacial score (nSPS) is 25.5. The molecule has 0 spiro atoms. The van der Waals surface area contributed by atoms with Crippen LogP contribution in [0, 0.1) is 12.3 Å². The Bertz CT molecular complexity index is 179. The van der Waals surface area contributed by atoms with E-state index in [1.807, 2.05) is 6.92 Å². The summed E-state index contributed by atoms with van der Waals surface area (Å²) in [6.45, 7) is 3.93. The van der Waals surface area contributed by atoms with Crippen LogP contribution in [-0.2, 0) is 4.74 Å². The smallest absolute Gasteiger partial charge is 0.0702 e. The quantitative estimate of drug-likeness (QED) is 0.612. The van der Waals surface area contributed by atoms with Crippen LogP contribution in [0.15, 0.2) is 0 Å². The van der Waals surface area contributed by atoms with Gasteiger partial charge in [-0.2, -0.15) is 0 Å². The van der Waals surface area contributed by atoms with Crippen LogP contribution in [0.4, 0.5) is 0 Å². The van der Waals surface area contributed by atoms with Crippen LogP contribution in [-0.4, -0.2) is 37.2 Å². The van der Waals surface area contributed by atoms with Gasteiger partial charge in [0.2, 0.25) is 0 Å². The number of ether oxygens (including phenoxy) is 1. The molecule has 0 saturated carbocycles. The topological polar surface area (TPSA) is 12.5 Å². The lowest BCUT2D eigenvalue weighted by atomic mass is 10.1. The van der Waals surface area contributed by atoms with E-state index in [2.05, 4.69) is 17.9 Å². The molecule has 0 aromatic heterocycles. The molecule has 74 valence electrons. The molecule has 1 rings (SSSR count). The van der Waals surface area contributed by atoms with Gasteiger partial charge in [0.05, 0.1) is 12.1 Å². The minimum absolute atomic E-state index is 0.213. The van der Waals surface area contributed by atoms with Crippen LogP contribution in [0.1, 0.15) is 26.2 Å². The first kappa shape index (κ1) is 10.6. The van der Waals surface area contributed by atoms with Gasteiger partial charge in [-0.3, -0.25) is 4.90 Å². The standard InChI is InChI=1S/C11H19NO/c1-4-10(2)12(3)9-11-7-5-6-8-13-11/h1,10-11H,5-9H2,2-3H3. The van der Waals surface area contributed by atoms with Crippen LogP contribution in [0.3, 0.4) is 0 Å². The van der Waals surface area contributed by atoms with E-state index < -0.39 is 0 Å². The minimum atomic E-state index is 0.213. The van der Waals surface area contributed by atoms with Crippen molar-refractivity contribution >= 4 is 0 Å². The van der Waals surface area contributed by atoms with E-state index in [1.165, 1.54) is 19.3 Å². The highest BCUT2D eigenvalue weighted by molar-refractivity contribution is 4.96. The van der Waals surface area contributed by atoms with Crippen molar-refractivity contribution in [3.05, 3.63) is 0 Å². The molecule has 0 aromatic rings. The maximum Gasteiger partial charge on any atom is 0.0702 e. The SMILES string of the molecule is C#CC(C)N(C)CC1CCCCO1. The zero-order chi connectivity index (χ0) is 9.68. The average Bonchev–Trinajstić information content (AvgIpc) is 2.18. The molecule has 0 aromatic carbocycles. The minimum Gasteiger partial charge on any atom is -0.377 e. The van der Waals surface area contributed by atoms with Gasteiger partial charge in [0.25, 0.3) is 0 Å². The maximum absolute atomic E-state index is 5.63. The van der Waals surface area contributed by atoms with Crippen molar-refractivity contribution in [1.29, 1.82) is 0 Å². The second-order valence-electron chi connectivity index (χ2n) is 3.77. The number of likely N-dealkylation sites (N-methyl/N-ethyl adjacent to an activating group) is 1. The molecule has 1 aliphatic rings. The molecule has 13 heavy (non-hydrogen) atoms. The monoisotopic (exact) mass is 181 g/mol. The van der Waals surface area contributed by atoms with Crippen LogP contribution < -0.4 is 0 Å². The highest BCUT2D eigenvalue weighted by Crippen LogP contribution is 2.13. The van der Waals surface area contributed by atoms with Gasteiger partial charge in [-0.25, -0.2) is 0 Å². The summed E-state index contributed by atoms with van der Waals surface area (Å²) in [6, 6.07) is 0.213. The van der Waals surface area contributed by atoms with Crippen molar-refractivity contribution in [2.45, 2.75) is 38.3 Å². The molecule has 1 saturated heterocycles. The molecule has 0 amide bonds. The predicted octanol–water partition coefficient (Wildman–Crippen LogP) is 1.51. The van der Waals surface area contributed by atoms with E-state index in [4.69, 9.17) is 11.2 Å². The Morgan fingerprint density at radius 3 is 2.92 bits per heavy atom. The Labute approximate surface area is 81.3 Å². The molecule has 1 heterocycles. The van der Waals surface area contributed by atoms with Crippen molar-refractivity contribution < 1.29 is 4.74 Å². The second-order valence-corrected chi connectivity index (χ2v) is 3.77. The maximum atomic E-state index is 5.63. The van der Waals surface area contributed by atoms with Gasteiger partial charge in [-0.05, 0) is 33.2 Å². The van der Waals surface area contributed by atoms with Gasteiger partial charge >= 0.3 is 0 Å². The fourth-order valence-corrected chi connectivity index (χ4v) is 1.56. The Morgan fingerprint density at radius 2 is 2.38 bits per heavy atom. The molecule has 0 radical (unpaired) electrons. The predicted molar refractivity (Wildman–Crippen MR) is 54.5 cm³/mol. The zero-order valence-corrected chi connectivity index (χ0v) is 8.62. The third-order valence-electron chi connectivity index (χ3n) is 2.67. The van der Waals surface area contributed by atoms with Crippen molar-refractivity contribution in [3.63, 3.8) is 0 Å². The van der Waals surface area contributed by atoms with Crippen LogP contribution in [0.2, 0.25) is 0 Å². The lowest BCUT2D eigenvalue weighted by Crippen LogP contribution is -2.37. The van der Waals surface area contributed by atoms with E-state index in [1.54, 1.807) is 0 Å². The third kappa shape index (κ3) is 3.38. The number of terminal acetylenes is 1. The molecular formula is C11H19NO. The van der Waals surface area contributed by atoms with Gasteiger partial charge in [-0.15, -0.1) is 6.42 Å². The first-order valence-corrected chi connectivity index (χ1v) is 5.02. The molecule has 0 N–H and O–H groups in total. The fraction of sp³-hybridized carbons (Fsp3) is 0.818. The lowest BCUT2D eigenvalue weighted by molar-refractivity contribution is -0.00379. The van der Waals surface area contributed by atoms with E-state index >= 15 is 0 Å². The molecule has 0 aliphatic carbocycles. The fourth-order valence-electron chi connectivity index (χ4n) is 1.56. The van der Waals surface area contributed by atoms with E-state index in [-0.39, 0.29) is 6.04 Å². The average molecular weight is 181 g/mol. The summed E-state index contributed by atoms with van der Waals surface area (Å²) in [5, 5.41) is 0. The van der Waals surface area contributed by atoms with Gasteiger partial charge in [0.15, 0.2) is 0 Å². The Kier molecular flexibility index (Phi) is 4.27. The summed E-state index contributed by atoms with van der Waals surface area (Å²) in [5.41, 5.74) is 0. The lowest BCUT2D eigenvalue weighted by Gasteiger charge is -2.28. The molecule has 1 fully saturated rings. The second kappa shape index (κ2) is 5.26. The Morgan fingerprint density at radius 1 is 1.62 bits per heavy atom. The van der Waals surface area contributed by atoms with Crippen LogP contribution >= 0.6 is 0 Å². The number of hydrogen-bond donors (Lipinski definition) is 0.